The van der Waals surface area contributed by atoms with Crippen LogP contribution in [0.25, 0.3) is 22.4 Å². The van der Waals surface area contributed by atoms with Crippen molar-refractivity contribution < 1.29 is 9.84 Å². The number of hydrogen-bond acceptors (Lipinski definition) is 8. The first-order valence-corrected chi connectivity index (χ1v) is 11.5. The zero-order valence-corrected chi connectivity index (χ0v) is 19.3. The van der Waals surface area contributed by atoms with Crippen LogP contribution in [0.15, 0.2) is 42.6 Å². The van der Waals surface area contributed by atoms with Crippen LogP contribution < -0.4 is 15.0 Å². The summed E-state index contributed by atoms with van der Waals surface area (Å²) in [4.78, 5) is 2.26. The van der Waals surface area contributed by atoms with Crippen LogP contribution in [0.5, 0.6) is 11.6 Å². The Morgan fingerprint density at radius 1 is 1.12 bits per heavy atom. The van der Waals surface area contributed by atoms with Crippen LogP contribution in [-0.4, -0.2) is 57.3 Å². The van der Waals surface area contributed by atoms with E-state index in [2.05, 4.69) is 44.6 Å². The van der Waals surface area contributed by atoms with Crippen molar-refractivity contribution in [2.45, 2.75) is 56.7 Å². The van der Waals surface area contributed by atoms with E-state index in [4.69, 9.17) is 4.74 Å². The average Bonchev–Trinajstić information content (AvgIpc) is 2.83. The summed E-state index contributed by atoms with van der Waals surface area (Å²) in [5.74, 6) is 1.42. The predicted octanol–water partition coefficient (Wildman–Crippen LogP) is 3.81. The second-order valence-electron chi connectivity index (χ2n) is 9.49. The molecule has 172 valence electrons. The van der Waals surface area contributed by atoms with Crippen molar-refractivity contribution in [3.05, 3.63) is 42.6 Å². The van der Waals surface area contributed by atoms with Crippen molar-refractivity contribution in [2.75, 3.05) is 19.1 Å². The number of benzene rings is 1. The molecule has 2 aliphatic rings. The van der Waals surface area contributed by atoms with Gasteiger partial charge in [-0.2, -0.15) is 5.10 Å². The maximum Gasteiger partial charge on any atom is 0.233 e. The number of nitrogens with zero attached hydrogens (tertiary/aromatic N) is 5. The third-order valence-corrected chi connectivity index (χ3v) is 7.08. The molecule has 0 spiro atoms. The molecule has 3 atom stereocenters. The van der Waals surface area contributed by atoms with Gasteiger partial charge >= 0.3 is 0 Å². The van der Waals surface area contributed by atoms with Crippen LogP contribution >= 0.6 is 0 Å². The zero-order chi connectivity index (χ0) is 23.0. The molecule has 8 heteroatoms. The second kappa shape index (κ2) is 8.59. The summed E-state index contributed by atoms with van der Waals surface area (Å²) < 4.78 is 5.14. The standard InChI is InChI=1S/C25H30N6O2/c1-25-10-4-5-18(27-25)13-19(14-25)31(2)23-9-8-21(28-29-23)20-7-6-16(11-22(20)32)17-12-24(33-3)30-26-15-17/h6-9,11-12,15,18-19,27,32H,4-5,10,13-14H2,1-3H3/t18?,19-,25+/m1/s1. The largest absolute Gasteiger partial charge is 0.507 e. The highest BCUT2D eigenvalue weighted by Crippen LogP contribution is 2.37. The fourth-order valence-electron chi connectivity index (χ4n) is 5.32. The van der Waals surface area contributed by atoms with E-state index in [-0.39, 0.29) is 11.3 Å². The highest BCUT2D eigenvalue weighted by Gasteiger charge is 2.40. The molecule has 0 aliphatic carbocycles. The van der Waals surface area contributed by atoms with E-state index in [0.717, 1.165) is 29.8 Å². The summed E-state index contributed by atoms with van der Waals surface area (Å²) in [6.45, 7) is 2.35. The maximum atomic E-state index is 10.7. The van der Waals surface area contributed by atoms with Gasteiger partial charge in [0.25, 0.3) is 0 Å². The molecule has 4 heterocycles. The number of hydrogen-bond donors (Lipinski definition) is 2. The highest BCUT2D eigenvalue weighted by molar-refractivity contribution is 5.74. The fraction of sp³-hybridized carbons (Fsp3) is 0.440. The molecule has 2 fully saturated rings. The summed E-state index contributed by atoms with van der Waals surface area (Å²) in [7, 11) is 3.66. The Balaban J connectivity index is 1.34. The number of phenolic OH excluding ortho intramolecular Hbond substituents is 1. The van der Waals surface area contributed by atoms with E-state index >= 15 is 0 Å². The smallest absolute Gasteiger partial charge is 0.233 e. The second-order valence-corrected chi connectivity index (χ2v) is 9.49. The minimum atomic E-state index is 0.137. The molecule has 0 amide bonds. The lowest BCUT2D eigenvalue weighted by atomic mass is 9.75. The number of aromatic nitrogens is 4. The summed E-state index contributed by atoms with van der Waals surface area (Å²) >= 11 is 0. The van der Waals surface area contributed by atoms with Gasteiger partial charge in [0.15, 0.2) is 5.82 Å². The fourth-order valence-corrected chi connectivity index (χ4v) is 5.32. The molecule has 8 nitrogen and oxygen atoms in total. The number of aromatic hydroxyl groups is 1. The molecule has 33 heavy (non-hydrogen) atoms. The van der Waals surface area contributed by atoms with E-state index in [1.165, 1.54) is 19.3 Å². The summed E-state index contributed by atoms with van der Waals surface area (Å²) in [5.41, 5.74) is 3.12. The maximum absolute atomic E-state index is 10.7. The topological polar surface area (TPSA) is 96.3 Å². The van der Waals surface area contributed by atoms with Crippen molar-refractivity contribution in [1.29, 1.82) is 0 Å². The van der Waals surface area contributed by atoms with Crippen molar-refractivity contribution in [3.8, 4) is 34.0 Å². The Morgan fingerprint density at radius 3 is 2.73 bits per heavy atom. The van der Waals surface area contributed by atoms with Gasteiger partial charge < -0.3 is 20.1 Å². The van der Waals surface area contributed by atoms with E-state index in [0.29, 0.717) is 29.2 Å². The molecule has 3 aromatic rings. The zero-order valence-electron chi connectivity index (χ0n) is 19.3. The lowest BCUT2D eigenvalue weighted by molar-refractivity contribution is 0.140. The molecule has 0 radical (unpaired) electrons. The number of piperidine rings is 2. The van der Waals surface area contributed by atoms with Crippen molar-refractivity contribution >= 4 is 5.82 Å². The van der Waals surface area contributed by atoms with Gasteiger partial charge in [0.05, 0.1) is 19.0 Å². The van der Waals surface area contributed by atoms with Crippen molar-refractivity contribution in [1.82, 2.24) is 25.7 Å². The molecule has 2 saturated heterocycles. The molecule has 2 aromatic heterocycles. The Labute approximate surface area is 194 Å². The molecule has 2 aliphatic heterocycles. The van der Waals surface area contributed by atoms with Crippen LogP contribution in [0.2, 0.25) is 0 Å². The summed E-state index contributed by atoms with van der Waals surface area (Å²) in [5, 5.41) is 31.3. The first kappa shape index (κ1) is 21.6. The van der Waals surface area contributed by atoms with Gasteiger partial charge in [-0.15, -0.1) is 15.3 Å². The molecule has 5 rings (SSSR count). The predicted molar refractivity (Wildman–Crippen MR) is 127 cm³/mol. The Morgan fingerprint density at radius 2 is 2.00 bits per heavy atom. The van der Waals surface area contributed by atoms with Crippen LogP contribution in [0.3, 0.4) is 0 Å². The van der Waals surface area contributed by atoms with E-state index in [1.54, 1.807) is 25.4 Å². The minimum Gasteiger partial charge on any atom is -0.507 e. The number of rotatable bonds is 5. The molecular weight excluding hydrogens is 416 g/mol. The number of nitrogens with one attached hydrogen (secondary N) is 1. The molecule has 1 aromatic carbocycles. The third kappa shape index (κ3) is 4.35. The van der Waals surface area contributed by atoms with Gasteiger partial charge in [-0.25, -0.2) is 0 Å². The first-order chi connectivity index (χ1) is 15.9. The third-order valence-electron chi connectivity index (χ3n) is 7.08. The molecule has 2 bridgehead atoms. The quantitative estimate of drug-likeness (QED) is 0.611. The van der Waals surface area contributed by atoms with Crippen LogP contribution in [0, 0.1) is 0 Å². The number of ether oxygens (including phenoxy) is 1. The average molecular weight is 447 g/mol. The Hall–Kier alpha value is -3.26. The van der Waals surface area contributed by atoms with E-state index < -0.39 is 0 Å². The SMILES string of the molecule is COc1cc(-c2ccc(-c3ccc(N(C)[C@@H]4CC5CCC[C@@](C)(C4)N5)nn3)c(O)c2)cnn1. The van der Waals surface area contributed by atoms with Gasteiger partial charge in [-0.05, 0) is 62.4 Å². The normalized spacial score (nSPS) is 24.3. The number of anilines is 1. The van der Waals surface area contributed by atoms with Crippen LogP contribution in [-0.2, 0) is 0 Å². The monoisotopic (exact) mass is 446 g/mol. The van der Waals surface area contributed by atoms with E-state index in [9.17, 15) is 5.11 Å². The molecule has 1 unspecified atom stereocenters. The van der Waals surface area contributed by atoms with Crippen molar-refractivity contribution in [3.63, 3.8) is 0 Å². The number of fused-ring (bicyclic) bond motifs is 2. The molecule has 0 saturated carbocycles. The van der Waals surface area contributed by atoms with Gasteiger partial charge in [0.1, 0.15) is 5.75 Å². The highest BCUT2D eigenvalue weighted by atomic mass is 16.5. The number of methoxy groups -OCH3 is 1. The molecule has 2 N–H and O–H groups in total. The minimum absolute atomic E-state index is 0.137. The lowest BCUT2D eigenvalue weighted by Gasteiger charge is -2.50. The van der Waals surface area contributed by atoms with Gasteiger partial charge in [-0.3, -0.25) is 0 Å². The molecular formula is C25H30N6O2. The van der Waals surface area contributed by atoms with Gasteiger partial charge in [0.2, 0.25) is 5.88 Å². The first-order valence-electron chi connectivity index (χ1n) is 11.5. The summed E-state index contributed by atoms with van der Waals surface area (Å²) in [6, 6.07) is 12.2. The summed E-state index contributed by atoms with van der Waals surface area (Å²) in [6.07, 6.45) is 7.67. The van der Waals surface area contributed by atoms with Gasteiger partial charge in [0, 0.05) is 41.9 Å². The lowest BCUT2D eigenvalue weighted by Crippen LogP contribution is -2.61. The van der Waals surface area contributed by atoms with Crippen LogP contribution in [0.4, 0.5) is 5.82 Å². The van der Waals surface area contributed by atoms with Gasteiger partial charge in [-0.1, -0.05) is 12.5 Å². The van der Waals surface area contributed by atoms with Crippen LogP contribution in [0.1, 0.15) is 39.0 Å². The number of phenols is 1. The van der Waals surface area contributed by atoms with Crippen molar-refractivity contribution in [2.24, 2.45) is 0 Å². The van der Waals surface area contributed by atoms with E-state index in [1.807, 2.05) is 24.3 Å². The Kier molecular flexibility index (Phi) is 5.62. The Bertz CT molecular complexity index is 1140.